The van der Waals surface area contributed by atoms with Gasteiger partial charge in [0.25, 0.3) is 0 Å². The molecule has 0 unspecified atom stereocenters. The molecule has 6 heteroatoms. The Bertz CT molecular complexity index is 632. The lowest BCUT2D eigenvalue weighted by molar-refractivity contribution is -0.139. The quantitative estimate of drug-likeness (QED) is 0.825. The van der Waals surface area contributed by atoms with Gasteiger partial charge in [0, 0.05) is 11.1 Å². The van der Waals surface area contributed by atoms with Gasteiger partial charge < -0.3 is 14.3 Å². The van der Waals surface area contributed by atoms with Crippen molar-refractivity contribution >= 4 is 34.7 Å². The molecule has 0 aliphatic heterocycles. The topological polar surface area (TPSA) is 76.7 Å². The van der Waals surface area contributed by atoms with Crippen molar-refractivity contribution < 1.29 is 23.8 Å². The predicted molar refractivity (Wildman–Crippen MR) is 76.0 cm³/mol. The van der Waals surface area contributed by atoms with Crippen molar-refractivity contribution in [2.24, 2.45) is 0 Å². The molecule has 106 valence electrons. The fourth-order valence-corrected chi connectivity index (χ4v) is 2.51. The maximum Gasteiger partial charge on any atom is 0.371 e. The van der Waals surface area contributed by atoms with Crippen molar-refractivity contribution in [3.05, 3.63) is 35.6 Å². The highest BCUT2D eigenvalue weighted by Crippen LogP contribution is 2.23. The van der Waals surface area contributed by atoms with Gasteiger partial charge in [0.05, 0.1) is 12.4 Å². The average Bonchev–Trinajstić information content (AvgIpc) is 2.82. The molecule has 1 aromatic carbocycles. The van der Waals surface area contributed by atoms with Crippen molar-refractivity contribution in [3.8, 4) is 0 Å². The number of rotatable bonds is 6. The van der Waals surface area contributed by atoms with Gasteiger partial charge in [-0.1, -0.05) is 6.07 Å². The first-order chi connectivity index (χ1) is 9.60. The average molecular weight is 294 g/mol. The molecule has 0 saturated heterocycles. The lowest BCUT2D eigenvalue weighted by Gasteiger charge is -2.02. The molecule has 2 rings (SSSR count). The minimum absolute atomic E-state index is 0.0728. The zero-order valence-electron chi connectivity index (χ0n) is 10.9. The zero-order chi connectivity index (χ0) is 14.5. The van der Waals surface area contributed by atoms with E-state index in [1.807, 2.05) is 12.1 Å². The Balaban J connectivity index is 2.00. The van der Waals surface area contributed by atoms with Gasteiger partial charge in [-0.3, -0.25) is 4.79 Å². The molecular weight excluding hydrogens is 280 g/mol. The van der Waals surface area contributed by atoms with E-state index in [2.05, 4.69) is 0 Å². The van der Waals surface area contributed by atoms with Crippen molar-refractivity contribution in [1.29, 1.82) is 0 Å². The molecule has 0 amide bonds. The zero-order valence-corrected chi connectivity index (χ0v) is 11.7. The Morgan fingerprint density at radius 3 is 2.85 bits per heavy atom. The second-order valence-electron chi connectivity index (χ2n) is 4.09. The lowest BCUT2D eigenvalue weighted by Crippen LogP contribution is -2.06. The highest BCUT2D eigenvalue weighted by molar-refractivity contribution is 7.99. The SMILES string of the molecule is CCOC(=O)CSCc1ccc2oc(C(=O)O)cc2c1. The van der Waals surface area contributed by atoms with Crippen LogP contribution in [0.3, 0.4) is 0 Å². The Labute approximate surface area is 119 Å². The Morgan fingerprint density at radius 2 is 2.15 bits per heavy atom. The van der Waals surface area contributed by atoms with E-state index in [0.29, 0.717) is 23.7 Å². The summed E-state index contributed by atoms with van der Waals surface area (Å²) in [5.41, 5.74) is 1.55. The number of ether oxygens (including phenoxy) is 1. The van der Waals surface area contributed by atoms with Crippen LogP contribution in [0.4, 0.5) is 0 Å². The van der Waals surface area contributed by atoms with Crippen LogP contribution in [0.15, 0.2) is 28.7 Å². The standard InChI is InChI=1S/C14H14O5S/c1-2-18-13(15)8-20-7-9-3-4-11-10(5-9)6-12(19-11)14(16)17/h3-6H,2,7-8H2,1H3,(H,16,17). The van der Waals surface area contributed by atoms with Crippen LogP contribution in [0.2, 0.25) is 0 Å². The van der Waals surface area contributed by atoms with Crippen molar-refractivity contribution in [2.75, 3.05) is 12.4 Å². The van der Waals surface area contributed by atoms with Gasteiger partial charge in [-0.15, -0.1) is 11.8 Å². The number of hydrogen-bond acceptors (Lipinski definition) is 5. The number of benzene rings is 1. The van der Waals surface area contributed by atoms with Gasteiger partial charge >= 0.3 is 11.9 Å². The monoisotopic (exact) mass is 294 g/mol. The number of furan rings is 1. The second kappa shape index (κ2) is 6.47. The largest absolute Gasteiger partial charge is 0.475 e. The molecule has 5 nitrogen and oxygen atoms in total. The number of thioether (sulfide) groups is 1. The van der Waals surface area contributed by atoms with E-state index in [9.17, 15) is 9.59 Å². The van der Waals surface area contributed by atoms with Gasteiger partial charge in [0.2, 0.25) is 5.76 Å². The summed E-state index contributed by atoms with van der Waals surface area (Å²) in [5, 5.41) is 9.61. The number of carbonyl (C=O) groups excluding carboxylic acids is 1. The van der Waals surface area contributed by atoms with Crippen LogP contribution in [0, 0.1) is 0 Å². The van der Waals surface area contributed by atoms with E-state index in [1.54, 1.807) is 13.0 Å². The minimum atomic E-state index is -1.08. The van der Waals surface area contributed by atoms with Crippen LogP contribution in [-0.2, 0) is 15.3 Å². The first-order valence-electron chi connectivity index (χ1n) is 6.09. The third-order valence-electron chi connectivity index (χ3n) is 2.59. The normalized spacial score (nSPS) is 10.7. The van der Waals surface area contributed by atoms with Crippen molar-refractivity contribution in [3.63, 3.8) is 0 Å². The summed E-state index contributed by atoms with van der Waals surface area (Å²) in [5.74, 6) is -0.425. The van der Waals surface area contributed by atoms with Gasteiger partial charge in [0.15, 0.2) is 0 Å². The van der Waals surface area contributed by atoms with E-state index in [4.69, 9.17) is 14.3 Å². The number of fused-ring (bicyclic) bond motifs is 1. The van der Waals surface area contributed by atoms with Crippen LogP contribution in [0.1, 0.15) is 23.0 Å². The number of hydrogen-bond donors (Lipinski definition) is 1. The summed E-state index contributed by atoms with van der Waals surface area (Å²) < 4.78 is 10.0. The van der Waals surface area contributed by atoms with Gasteiger partial charge in [-0.2, -0.15) is 0 Å². The number of esters is 1. The first kappa shape index (κ1) is 14.5. The molecule has 0 aliphatic rings. The first-order valence-corrected chi connectivity index (χ1v) is 7.24. The minimum Gasteiger partial charge on any atom is -0.475 e. The third kappa shape index (κ3) is 3.54. The molecule has 1 heterocycles. The second-order valence-corrected chi connectivity index (χ2v) is 5.07. The predicted octanol–water partition coefficient (Wildman–Crippen LogP) is 2.93. The van der Waals surface area contributed by atoms with Gasteiger partial charge in [-0.25, -0.2) is 4.79 Å². The third-order valence-corrected chi connectivity index (χ3v) is 3.56. The molecular formula is C14H14O5S. The van der Waals surface area contributed by atoms with E-state index < -0.39 is 5.97 Å². The van der Waals surface area contributed by atoms with Crippen LogP contribution >= 0.6 is 11.8 Å². The molecule has 2 aromatic rings. The van der Waals surface area contributed by atoms with E-state index in [1.165, 1.54) is 17.8 Å². The molecule has 1 N–H and O–H groups in total. The summed E-state index contributed by atoms with van der Waals surface area (Å²) >= 11 is 1.45. The molecule has 1 aromatic heterocycles. The van der Waals surface area contributed by atoms with Crippen LogP contribution < -0.4 is 0 Å². The Hall–Kier alpha value is -1.95. The summed E-state index contributed by atoms with van der Waals surface area (Å²) in [7, 11) is 0. The van der Waals surface area contributed by atoms with Gasteiger partial charge in [0.1, 0.15) is 5.58 Å². The number of aromatic carboxylic acids is 1. The lowest BCUT2D eigenvalue weighted by atomic mass is 10.2. The van der Waals surface area contributed by atoms with Crippen LogP contribution in [0.5, 0.6) is 0 Å². The molecule has 20 heavy (non-hydrogen) atoms. The van der Waals surface area contributed by atoms with E-state index in [-0.39, 0.29) is 11.7 Å². The smallest absolute Gasteiger partial charge is 0.371 e. The number of carboxylic acid groups (broad SMARTS) is 1. The molecule has 0 radical (unpaired) electrons. The molecule has 0 fully saturated rings. The van der Waals surface area contributed by atoms with Crippen LogP contribution in [0.25, 0.3) is 11.0 Å². The highest BCUT2D eigenvalue weighted by atomic mass is 32.2. The van der Waals surface area contributed by atoms with Gasteiger partial charge in [-0.05, 0) is 30.7 Å². The van der Waals surface area contributed by atoms with E-state index >= 15 is 0 Å². The molecule has 0 atom stereocenters. The van der Waals surface area contributed by atoms with Crippen LogP contribution in [-0.4, -0.2) is 29.4 Å². The summed E-state index contributed by atoms with van der Waals surface area (Å²) in [6.45, 7) is 2.16. The Morgan fingerprint density at radius 1 is 1.35 bits per heavy atom. The molecule has 0 aliphatic carbocycles. The summed E-state index contributed by atoms with van der Waals surface area (Å²) in [6, 6.07) is 6.96. The highest BCUT2D eigenvalue weighted by Gasteiger charge is 2.10. The maximum absolute atomic E-state index is 11.2. The number of carboxylic acids is 1. The fourth-order valence-electron chi connectivity index (χ4n) is 1.74. The number of carbonyl (C=O) groups is 2. The summed E-state index contributed by atoms with van der Waals surface area (Å²) in [6.07, 6.45) is 0. The molecule has 0 bridgehead atoms. The van der Waals surface area contributed by atoms with Crippen molar-refractivity contribution in [1.82, 2.24) is 0 Å². The molecule has 0 saturated carbocycles. The van der Waals surface area contributed by atoms with Crippen molar-refractivity contribution in [2.45, 2.75) is 12.7 Å². The van der Waals surface area contributed by atoms with E-state index in [0.717, 1.165) is 10.9 Å². The Kier molecular flexibility index (Phi) is 4.68. The fraction of sp³-hybridized carbons (Fsp3) is 0.286. The summed E-state index contributed by atoms with van der Waals surface area (Å²) in [4.78, 5) is 22.0. The molecule has 0 spiro atoms. The maximum atomic E-state index is 11.2.